The Labute approximate surface area is 367 Å². The molecule has 348 valence electrons. The highest BCUT2D eigenvalue weighted by Gasteiger charge is 2.19. The lowest BCUT2D eigenvalue weighted by Crippen LogP contribution is -2.30. The van der Waals surface area contributed by atoms with Crippen LogP contribution in [0.2, 0.25) is 0 Å². The van der Waals surface area contributed by atoms with Crippen molar-refractivity contribution in [2.24, 2.45) is 0 Å². The topological polar surface area (TPSA) is 78.9 Å². The molecule has 0 unspecified atom stereocenters. The molecule has 0 fully saturated rings. The second-order valence-electron chi connectivity index (χ2n) is 17.8. The third-order valence-electron chi connectivity index (χ3n) is 11.8. The number of carbonyl (C=O) groups excluding carboxylic acids is 3. The normalized spacial score (nSPS) is 12.0. The number of hydrogen-bond acceptors (Lipinski definition) is 6. The lowest BCUT2D eigenvalue weighted by molar-refractivity contribution is -0.167. The molecule has 0 spiro atoms. The van der Waals surface area contributed by atoms with E-state index in [1.165, 1.54) is 186 Å². The summed E-state index contributed by atoms with van der Waals surface area (Å²) in [6, 6.07) is 0. The Morgan fingerprint density at radius 1 is 0.322 bits per heavy atom. The van der Waals surface area contributed by atoms with E-state index in [2.05, 4.69) is 32.9 Å². The number of carbonyl (C=O) groups is 3. The van der Waals surface area contributed by atoms with Crippen molar-refractivity contribution in [3.8, 4) is 0 Å². The highest BCUT2D eigenvalue weighted by atomic mass is 16.6. The number of esters is 3. The predicted octanol–water partition coefficient (Wildman–Crippen LogP) is 17.0. The molecular weight excluding hydrogens is 733 g/mol. The number of allylic oxidation sites excluding steroid dienone is 2. The molecule has 6 heteroatoms. The molecule has 0 radical (unpaired) electrons. The Morgan fingerprint density at radius 3 is 0.847 bits per heavy atom. The van der Waals surface area contributed by atoms with E-state index in [0.29, 0.717) is 19.3 Å². The molecule has 0 aliphatic carbocycles. The van der Waals surface area contributed by atoms with Gasteiger partial charge in [-0.05, 0) is 44.9 Å². The minimum atomic E-state index is -0.766. The molecule has 1 atom stereocenters. The van der Waals surface area contributed by atoms with Crippen molar-refractivity contribution in [1.82, 2.24) is 0 Å². The largest absolute Gasteiger partial charge is 0.462 e. The van der Waals surface area contributed by atoms with Crippen molar-refractivity contribution >= 4 is 17.9 Å². The van der Waals surface area contributed by atoms with Crippen LogP contribution in [0.25, 0.3) is 0 Å². The Hall–Kier alpha value is -1.85. The fourth-order valence-electron chi connectivity index (χ4n) is 7.79. The highest BCUT2D eigenvalue weighted by molar-refractivity contribution is 5.71. The lowest BCUT2D eigenvalue weighted by atomic mass is 10.0. The van der Waals surface area contributed by atoms with Crippen LogP contribution in [0.3, 0.4) is 0 Å². The van der Waals surface area contributed by atoms with Gasteiger partial charge >= 0.3 is 17.9 Å². The van der Waals surface area contributed by atoms with Gasteiger partial charge in [-0.3, -0.25) is 14.4 Å². The van der Waals surface area contributed by atoms with Crippen LogP contribution in [-0.4, -0.2) is 37.2 Å². The predicted molar refractivity (Wildman–Crippen MR) is 252 cm³/mol. The summed E-state index contributed by atoms with van der Waals surface area (Å²) in [4.78, 5) is 37.9. The van der Waals surface area contributed by atoms with E-state index in [0.717, 1.165) is 64.2 Å². The van der Waals surface area contributed by atoms with Crippen LogP contribution < -0.4 is 0 Å². The van der Waals surface area contributed by atoms with Crippen LogP contribution in [0.5, 0.6) is 0 Å². The Morgan fingerprint density at radius 2 is 0.559 bits per heavy atom. The summed E-state index contributed by atoms with van der Waals surface area (Å²) in [5, 5.41) is 0. The minimum Gasteiger partial charge on any atom is -0.462 e. The molecule has 0 aliphatic heterocycles. The number of ether oxygens (including phenoxy) is 3. The molecular formula is C53H100O6. The quantitative estimate of drug-likeness (QED) is 0.0263. The highest BCUT2D eigenvalue weighted by Crippen LogP contribution is 2.16. The van der Waals surface area contributed by atoms with Crippen LogP contribution >= 0.6 is 0 Å². The van der Waals surface area contributed by atoms with E-state index in [1.807, 2.05) is 0 Å². The molecule has 0 aliphatic rings. The van der Waals surface area contributed by atoms with Gasteiger partial charge in [0.1, 0.15) is 13.2 Å². The van der Waals surface area contributed by atoms with Crippen molar-refractivity contribution < 1.29 is 28.6 Å². The molecule has 0 saturated heterocycles. The molecule has 0 aromatic heterocycles. The average Bonchev–Trinajstić information content (AvgIpc) is 3.23. The van der Waals surface area contributed by atoms with Crippen molar-refractivity contribution in [3.05, 3.63) is 12.2 Å². The third kappa shape index (κ3) is 47.1. The minimum absolute atomic E-state index is 0.0673. The zero-order valence-electron chi connectivity index (χ0n) is 39.8. The summed E-state index contributed by atoms with van der Waals surface area (Å²) in [5.41, 5.74) is 0. The van der Waals surface area contributed by atoms with Crippen molar-refractivity contribution in [1.29, 1.82) is 0 Å². The smallest absolute Gasteiger partial charge is 0.306 e. The van der Waals surface area contributed by atoms with Crippen molar-refractivity contribution in [2.75, 3.05) is 13.2 Å². The molecule has 0 aromatic carbocycles. The first-order valence-electron chi connectivity index (χ1n) is 26.2. The maximum atomic E-state index is 12.8. The van der Waals surface area contributed by atoms with Gasteiger partial charge < -0.3 is 14.2 Å². The van der Waals surface area contributed by atoms with Crippen LogP contribution in [0.1, 0.15) is 290 Å². The zero-order chi connectivity index (χ0) is 43.0. The molecule has 0 N–H and O–H groups in total. The molecule has 6 nitrogen and oxygen atoms in total. The van der Waals surface area contributed by atoms with Crippen LogP contribution in [0.15, 0.2) is 12.2 Å². The van der Waals surface area contributed by atoms with Crippen LogP contribution in [-0.2, 0) is 28.6 Å². The first-order chi connectivity index (χ1) is 29.0. The molecule has 0 rings (SSSR count). The number of rotatable bonds is 48. The van der Waals surface area contributed by atoms with E-state index in [4.69, 9.17) is 14.2 Å². The Balaban J connectivity index is 4.32. The standard InChI is InChI=1S/C53H100O6/c1-4-7-10-13-16-19-22-24-26-28-31-34-37-40-43-46-52(55)58-49-50(48-57-51(54)45-42-39-36-33-30-21-18-15-12-9-6-3)59-53(56)47-44-41-38-35-32-29-27-25-23-20-17-14-11-8-5-2/h24,26,50H,4-23,25,27-49H2,1-3H3/b26-24-/t50-/m1/s1. The maximum absolute atomic E-state index is 12.8. The summed E-state index contributed by atoms with van der Waals surface area (Å²) >= 11 is 0. The third-order valence-corrected chi connectivity index (χ3v) is 11.8. The van der Waals surface area contributed by atoms with E-state index in [-0.39, 0.29) is 31.1 Å². The number of hydrogen-bond donors (Lipinski definition) is 0. The molecule has 0 aromatic rings. The Kier molecular flexibility index (Phi) is 47.3. The first kappa shape index (κ1) is 57.1. The van der Waals surface area contributed by atoms with Crippen LogP contribution in [0, 0.1) is 0 Å². The Bertz CT molecular complexity index is 916. The van der Waals surface area contributed by atoms with Gasteiger partial charge in [0, 0.05) is 19.3 Å². The lowest BCUT2D eigenvalue weighted by Gasteiger charge is -2.18. The SMILES string of the molecule is CCCCCCCC/C=C\CCCCCCCC(=O)OC[C@@H](COC(=O)CCCCCCCCCCCCC)OC(=O)CCCCCCCCCCCCCCCCC. The zero-order valence-corrected chi connectivity index (χ0v) is 39.8. The second-order valence-corrected chi connectivity index (χ2v) is 17.8. The van der Waals surface area contributed by atoms with Gasteiger partial charge in [0.15, 0.2) is 6.10 Å². The summed E-state index contributed by atoms with van der Waals surface area (Å²) in [7, 11) is 0. The van der Waals surface area contributed by atoms with Crippen molar-refractivity contribution in [3.63, 3.8) is 0 Å². The van der Waals surface area contributed by atoms with Gasteiger partial charge in [-0.25, -0.2) is 0 Å². The van der Waals surface area contributed by atoms with Gasteiger partial charge in [0.2, 0.25) is 0 Å². The maximum Gasteiger partial charge on any atom is 0.306 e. The van der Waals surface area contributed by atoms with E-state index >= 15 is 0 Å². The fourth-order valence-corrected chi connectivity index (χ4v) is 7.79. The summed E-state index contributed by atoms with van der Waals surface area (Å²) in [6.45, 7) is 6.65. The van der Waals surface area contributed by atoms with E-state index in [1.54, 1.807) is 0 Å². The van der Waals surface area contributed by atoms with Crippen LogP contribution in [0.4, 0.5) is 0 Å². The van der Waals surface area contributed by atoms with Gasteiger partial charge in [-0.2, -0.15) is 0 Å². The molecule has 0 amide bonds. The molecule has 0 heterocycles. The van der Waals surface area contributed by atoms with Crippen molar-refractivity contribution in [2.45, 2.75) is 297 Å². The second kappa shape index (κ2) is 48.8. The fraction of sp³-hybridized carbons (Fsp3) is 0.906. The van der Waals surface area contributed by atoms with Gasteiger partial charge in [-0.1, -0.05) is 238 Å². The molecule has 0 bridgehead atoms. The van der Waals surface area contributed by atoms with E-state index < -0.39 is 6.10 Å². The molecule has 59 heavy (non-hydrogen) atoms. The monoisotopic (exact) mass is 833 g/mol. The summed E-state index contributed by atoms with van der Waals surface area (Å²) in [5.74, 6) is -0.859. The summed E-state index contributed by atoms with van der Waals surface area (Å²) in [6.07, 6.45) is 53.3. The first-order valence-corrected chi connectivity index (χ1v) is 26.2. The van der Waals surface area contributed by atoms with Gasteiger partial charge in [0.05, 0.1) is 0 Å². The number of unbranched alkanes of at least 4 members (excludes halogenated alkanes) is 35. The summed E-state index contributed by atoms with van der Waals surface area (Å²) < 4.78 is 16.8. The average molecular weight is 833 g/mol. The molecule has 0 saturated carbocycles. The van der Waals surface area contributed by atoms with Gasteiger partial charge in [-0.15, -0.1) is 0 Å². The van der Waals surface area contributed by atoms with Gasteiger partial charge in [0.25, 0.3) is 0 Å². The van der Waals surface area contributed by atoms with E-state index in [9.17, 15) is 14.4 Å².